The average molecular weight is 451 g/mol. The van der Waals surface area contributed by atoms with Crippen molar-refractivity contribution < 1.29 is 23.9 Å². The van der Waals surface area contributed by atoms with Crippen molar-refractivity contribution in [3.8, 4) is 0 Å². The van der Waals surface area contributed by atoms with Crippen LogP contribution in [0.5, 0.6) is 0 Å². The summed E-state index contributed by atoms with van der Waals surface area (Å²) < 4.78 is 6.28. The van der Waals surface area contributed by atoms with Crippen LogP contribution < -0.4 is 4.90 Å². The highest BCUT2D eigenvalue weighted by Gasteiger charge is 2.74. The molecule has 0 bridgehead atoms. The first-order valence-electron chi connectivity index (χ1n) is 11.2. The van der Waals surface area contributed by atoms with Crippen LogP contribution >= 0.6 is 0 Å². The number of Topliss-reactive ketones (excluding diaryl/α,β-unsaturated/α-hetero) is 2. The van der Waals surface area contributed by atoms with Crippen LogP contribution in [-0.4, -0.2) is 29.0 Å². The first kappa shape index (κ1) is 20.7. The molecule has 1 spiro atoms. The van der Waals surface area contributed by atoms with E-state index in [0.29, 0.717) is 11.3 Å². The molecule has 0 N–H and O–H groups in total. The van der Waals surface area contributed by atoms with Gasteiger partial charge in [0.2, 0.25) is 29.0 Å². The van der Waals surface area contributed by atoms with Gasteiger partial charge in [0, 0.05) is 11.1 Å². The zero-order chi connectivity index (χ0) is 23.8. The van der Waals surface area contributed by atoms with Crippen molar-refractivity contribution in [2.75, 3.05) is 4.90 Å². The number of carbonyl (C=O) groups is 4. The quantitative estimate of drug-likeness (QED) is 0.435. The first-order valence-corrected chi connectivity index (χ1v) is 11.2. The van der Waals surface area contributed by atoms with Crippen molar-refractivity contribution in [2.45, 2.75) is 25.6 Å². The van der Waals surface area contributed by atoms with Gasteiger partial charge in [-0.15, -0.1) is 0 Å². The molecule has 0 saturated carbocycles. The van der Waals surface area contributed by atoms with Crippen LogP contribution in [-0.2, 0) is 14.3 Å². The molecule has 3 aliphatic rings. The van der Waals surface area contributed by atoms with Gasteiger partial charge in [0.1, 0.15) is 0 Å². The number of nitrogens with zero attached hydrogens (tertiary/aromatic N) is 1. The number of anilines is 1. The molecule has 3 aromatic carbocycles. The molecule has 168 valence electrons. The fraction of sp³-hybridized carbons (Fsp3) is 0.214. The van der Waals surface area contributed by atoms with E-state index in [1.54, 1.807) is 60.7 Å². The molecular formula is C28H21NO5. The highest BCUT2D eigenvalue weighted by molar-refractivity contribution is 6.37. The Morgan fingerprint density at radius 2 is 1.35 bits per heavy atom. The third kappa shape index (κ3) is 2.43. The van der Waals surface area contributed by atoms with Crippen molar-refractivity contribution >= 4 is 29.1 Å². The van der Waals surface area contributed by atoms with Crippen LogP contribution in [0.1, 0.15) is 43.5 Å². The van der Waals surface area contributed by atoms with Gasteiger partial charge in [-0.25, -0.2) is 4.90 Å². The van der Waals surface area contributed by atoms with E-state index in [1.807, 2.05) is 26.0 Å². The molecule has 2 heterocycles. The molecule has 1 aliphatic carbocycles. The summed E-state index contributed by atoms with van der Waals surface area (Å²) in [5, 5.41) is 0. The van der Waals surface area contributed by atoms with E-state index in [-0.39, 0.29) is 11.1 Å². The third-order valence-electron chi connectivity index (χ3n) is 7.46. The van der Waals surface area contributed by atoms with Gasteiger partial charge < -0.3 is 4.74 Å². The maximum absolute atomic E-state index is 14.0. The minimum absolute atomic E-state index is 0.227. The summed E-state index contributed by atoms with van der Waals surface area (Å²) in [5.41, 5.74) is 1.25. The molecular weight excluding hydrogens is 430 g/mol. The Kier molecular flexibility index (Phi) is 4.29. The van der Waals surface area contributed by atoms with Crippen molar-refractivity contribution in [3.63, 3.8) is 0 Å². The largest absolute Gasteiger partial charge is 0.349 e. The summed E-state index contributed by atoms with van der Waals surface area (Å²) in [6, 6.07) is 20.9. The van der Waals surface area contributed by atoms with Crippen LogP contribution in [0.15, 0.2) is 72.8 Å². The molecule has 34 heavy (non-hydrogen) atoms. The van der Waals surface area contributed by atoms with Gasteiger partial charge in [-0.2, -0.15) is 0 Å². The number of benzene rings is 3. The lowest BCUT2D eigenvalue weighted by Gasteiger charge is -2.28. The third-order valence-corrected chi connectivity index (χ3v) is 7.46. The number of carbonyl (C=O) groups excluding carboxylic acids is 4. The summed E-state index contributed by atoms with van der Waals surface area (Å²) in [6.07, 6.45) is -0.903. The predicted octanol–water partition coefficient (Wildman–Crippen LogP) is 4.00. The molecule has 2 aliphatic heterocycles. The van der Waals surface area contributed by atoms with E-state index in [2.05, 4.69) is 0 Å². The number of fused-ring (bicyclic) bond motifs is 3. The monoisotopic (exact) mass is 451 g/mol. The van der Waals surface area contributed by atoms with E-state index in [0.717, 1.165) is 16.0 Å². The van der Waals surface area contributed by atoms with Crippen molar-refractivity contribution in [2.24, 2.45) is 11.8 Å². The Bertz CT molecular complexity index is 1370. The minimum atomic E-state index is -2.05. The van der Waals surface area contributed by atoms with Crippen LogP contribution in [0.25, 0.3) is 0 Å². The maximum Gasteiger partial charge on any atom is 0.241 e. The van der Waals surface area contributed by atoms with E-state index >= 15 is 0 Å². The van der Waals surface area contributed by atoms with Gasteiger partial charge in [0.15, 0.2) is 0 Å². The zero-order valence-electron chi connectivity index (χ0n) is 18.6. The molecule has 0 aromatic heterocycles. The molecule has 3 aromatic rings. The van der Waals surface area contributed by atoms with E-state index in [9.17, 15) is 19.2 Å². The minimum Gasteiger partial charge on any atom is -0.349 e. The van der Waals surface area contributed by atoms with Crippen LogP contribution in [0, 0.1) is 25.7 Å². The highest BCUT2D eigenvalue weighted by Crippen LogP contribution is 2.57. The van der Waals surface area contributed by atoms with Crippen molar-refractivity contribution in [3.05, 3.63) is 101 Å². The van der Waals surface area contributed by atoms with Crippen LogP contribution in [0.2, 0.25) is 0 Å². The Labute approximate surface area is 196 Å². The normalized spacial score (nSPS) is 24.8. The second-order valence-electron chi connectivity index (χ2n) is 9.12. The summed E-state index contributed by atoms with van der Waals surface area (Å²) in [7, 11) is 0. The second-order valence-corrected chi connectivity index (χ2v) is 9.12. The molecule has 6 rings (SSSR count). The predicted molar refractivity (Wildman–Crippen MR) is 123 cm³/mol. The van der Waals surface area contributed by atoms with Crippen molar-refractivity contribution in [1.29, 1.82) is 0 Å². The number of hydrogen-bond donors (Lipinski definition) is 0. The van der Waals surface area contributed by atoms with Crippen molar-refractivity contribution in [1.82, 2.24) is 0 Å². The Morgan fingerprint density at radius 3 is 2.00 bits per heavy atom. The number of imide groups is 1. The number of ketones is 2. The fourth-order valence-corrected chi connectivity index (χ4v) is 5.68. The molecule has 3 atom stereocenters. The zero-order valence-corrected chi connectivity index (χ0v) is 18.6. The Morgan fingerprint density at radius 1 is 0.735 bits per heavy atom. The molecule has 0 radical (unpaired) electrons. The lowest BCUT2D eigenvalue weighted by molar-refractivity contribution is -0.127. The molecule has 6 heteroatoms. The van der Waals surface area contributed by atoms with Crippen LogP contribution in [0.4, 0.5) is 5.69 Å². The molecule has 2 fully saturated rings. The molecule has 2 amide bonds. The smallest absolute Gasteiger partial charge is 0.241 e. The Hall–Kier alpha value is -3.90. The Balaban J connectivity index is 1.57. The average Bonchev–Trinajstić information content (AvgIpc) is 3.42. The topological polar surface area (TPSA) is 80.8 Å². The number of ether oxygens (including phenoxy) is 1. The number of hydrogen-bond acceptors (Lipinski definition) is 5. The van der Waals surface area contributed by atoms with Gasteiger partial charge >= 0.3 is 0 Å². The highest BCUT2D eigenvalue weighted by atomic mass is 16.5. The van der Waals surface area contributed by atoms with Gasteiger partial charge in [-0.1, -0.05) is 66.7 Å². The number of rotatable bonds is 2. The summed E-state index contributed by atoms with van der Waals surface area (Å²) >= 11 is 0. The fourth-order valence-electron chi connectivity index (χ4n) is 5.68. The summed E-state index contributed by atoms with van der Waals surface area (Å²) in [6.45, 7) is 3.75. The van der Waals surface area contributed by atoms with Crippen LogP contribution in [0.3, 0.4) is 0 Å². The first-order chi connectivity index (χ1) is 16.4. The lowest BCUT2D eigenvalue weighted by atomic mass is 9.77. The molecule has 6 nitrogen and oxygen atoms in total. The number of aryl methyl sites for hydroxylation is 1. The van der Waals surface area contributed by atoms with E-state index < -0.39 is 46.9 Å². The van der Waals surface area contributed by atoms with Gasteiger partial charge in [-0.3, -0.25) is 19.2 Å². The summed E-state index contributed by atoms with van der Waals surface area (Å²) in [4.78, 5) is 56.5. The van der Waals surface area contributed by atoms with E-state index in [1.165, 1.54) is 0 Å². The van der Waals surface area contributed by atoms with E-state index in [4.69, 9.17) is 4.74 Å². The maximum atomic E-state index is 14.0. The second kappa shape index (κ2) is 7.05. The molecule has 0 unspecified atom stereocenters. The SMILES string of the molecule is Cc1cccc(N2C(=O)[C@@H]3[C@@H](c4ccccc4)OC4(C(=O)c5ccccc5C4=O)[C@H]3C2=O)c1C. The lowest BCUT2D eigenvalue weighted by Crippen LogP contribution is -2.51. The molecule has 2 saturated heterocycles. The van der Waals surface area contributed by atoms with Gasteiger partial charge in [-0.05, 0) is 36.6 Å². The standard InChI is InChI=1S/C28H21NO5/c1-15-9-8-14-20(16(15)2)29-26(32)21-22(27(29)33)28(34-23(21)17-10-4-3-5-11-17)24(30)18-12-6-7-13-19(18)25(28)31/h3-14,21-23H,1-2H3/t21-,22+,23+/m0/s1. The van der Waals surface area contributed by atoms with Gasteiger partial charge in [0.25, 0.3) is 0 Å². The van der Waals surface area contributed by atoms with Gasteiger partial charge in [0.05, 0.1) is 23.6 Å². The summed E-state index contributed by atoms with van der Waals surface area (Å²) in [5.74, 6) is -4.35. The number of amides is 2.